The number of methoxy groups -OCH3 is 1. The molecule has 0 spiro atoms. The SMILES string of the molecule is COc1cccc(Sc2ccc(Br)cc2)c1N. The van der Waals surface area contributed by atoms with E-state index < -0.39 is 0 Å². The van der Waals surface area contributed by atoms with Gasteiger partial charge in [-0.25, -0.2) is 0 Å². The third-order valence-electron chi connectivity index (χ3n) is 2.29. The molecule has 0 aliphatic rings. The number of nitrogens with two attached hydrogens (primary N) is 1. The molecule has 0 bridgehead atoms. The van der Waals surface area contributed by atoms with Crippen LogP contribution >= 0.6 is 27.7 Å². The highest BCUT2D eigenvalue weighted by atomic mass is 79.9. The van der Waals surface area contributed by atoms with Crippen molar-refractivity contribution >= 4 is 33.4 Å². The van der Waals surface area contributed by atoms with Gasteiger partial charge in [0.05, 0.1) is 12.8 Å². The molecule has 0 saturated carbocycles. The average Bonchev–Trinajstić information content (AvgIpc) is 2.35. The lowest BCUT2D eigenvalue weighted by Crippen LogP contribution is -1.93. The first-order valence-electron chi connectivity index (χ1n) is 5.06. The predicted molar refractivity (Wildman–Crippen MR) is 75.7 cm³/mol. The Morgan fingerprint density at radius 2 is 1.82 bits per heavy atom. The molecule has 17 heavy (non-hydrogen) atoms. The second kappa shape index (κ2) is 5.47. The first kappa shape index (κ1) is 12.3. The van der Waals surface area contributed by atoms with Crippen molar-refractivity contribution in [1.82, 2.24) is 0 Å². The Kier molecular flexibility index (Phi) is 3.97. The lowest BCUT2D eigenvalue weighted by molar-refractivity contribution is 0.416. The molecule has 0 heterocycles. The Morgan fingerprint density at radius 1 is 1.12 bits per heavy atom. The van der Waals surface area contributed by atoms with E-state index in [4.69, 9.17) is 10.5 Å². The fourth-order valence-corrected chi connectivity index (χ4v) is 2.57. The topological polar surface area (TPSA) is 35.2 Å². The van der Waals surface area contributed by atoms with Crippen molar-refractivity contribution < 1.29 is 4.74 Å². The maximum absolute atomic E-state index is 6.02. The molecule has 0 saturated heterocycles. The summed E-state index contributed by atoms with van der Waals surface area (Å²) in [5.41, 5.74) is 6.70. The van der Waals surface area contributed by atoms with Gasteiger partial charge < -0.3 is 10.5 Å². The monoisotopic (exact) mass is 309 g/mol. The van der Waals surface area contributed by atoms with E-state index in [2.05, 4.69) is 15.9 Å². The van der Waals surface area contributed by atoms with E-state index in [1.54, 1.807) is 18.9 Å². The normalized spacial score (nSPS) is 10.2. The summed E-state index contributed by atoms with van der Waals surface area (Å²) in [6, 6.07) is 13.9. The number of halogens is 1. The van der Waals surface area contributed by atoms with Crippen LogP contribution in [-0.2, 0) is 0 Å². The molecular formula is C13H12BrNOS. The van der Waals surface area contributed by atoms with E-state index in [1.807, 2.05) is 42.5 Å². The minimum Gasteiger partial charge on any atom is -0.495 e. The quantitative estimate of drug-likeness (QED) is 0.863. The van der Waals surface area contributed by atoms with Gasteiger partial charge in [-0.3, -0.25) is 0 Å². The van der Waals surface area contributed by atoms with Gasteiger partial charge in [-0.15, -0.1) is 0 Å². The van der Waals surface area contributed by atoms with E-state index >= 15 is 0 Å². The largest absolute Gasteiger partial charge is 0.495 e. The van der Waals surface area contributed by atoms with Crippen LogP contribution in [0.15, 0.2) is 56.7 Å². The highest BCUT2D eigenvalue weighted by molar-refractivity contribution is 9.10. The highest BCUT2D eigenvalue weighted by Gasteiger charge is 2.06. The molecular weight excluding hydrogens is 298 g/mol. The number of rotatable bonds is 3. The van der Waals surface area contributed by atoms with Crippen molar-refractivity contribution in [1.29, 1.82) is 0 Å². The third kappa shape index (κ3) is 2.96. The van der Waals surface area contributed by atoms with Crippen molar-refractivity contribution in [3.63, 3.8) is 0 Å². The van der Waals surface area contributed by atoms with Gasteiger partial charge in [-0.1, -0.05) is 33.8 Å². The predicted octanol–water partition coefficient (Wildman–Crippen LogP) is 4.19. The molecule has 2 rings (SSSR count). The van der Waals surface area contributed by atoms with Crippen LogP contribution in [0.1, 0.15) is 0 Å². The van der Waals surface area contributed by atoms with Crippen LogP contribution in [0, 0.1) is 0 Å². The number of anilines is 1. The number of benzene rings is 2. The number of nitrogen functional groups attached to an aromatic ring is 1. The summed E-state index contributed by atoms with van der Waals surface area (Å²) in [6.45, 7) is 0. The molecule has 2 aromatic rings. The molecule has 0 unspecified atom stereocenters. The first-order valence-corrected chi connectivity index (χ1v) is 6.67. The standard InChI is InChI=1S/C13H12BrNOS/c1-16-11-3-2-4-12(13(11)15)17-10-7-5-9(14)6-8-10/h2-8H,15H2,1H3. The summed E-state index contributed by atoms with van der Waals surface area (Å²) in [5, 5.41) is 0. The summed E-state index contributed by atoms with van der Waals surface area (Å²) in [5.74, 6) is 0.715. The molecule has 0 atom stereocenters. The summed E-state index contributed by atoms with van der Waals surface area (Å²) in [6.07, 6.45) is 0. The molecule has 2 nitrogen and oxygen atoms in total. The van der Waals surface area contributed by atoms with E-state index in [-0.39, 0.29) is 0 Å². The van der Waals surface area contributed by atoms with Crippen molar-refractivity contribution in [3.05, 3.63) is 46.9 Å². The minimum absolute atomic E-state index is 0.683. The van der Waals surface area contributed by atoms with Crippen LogP contribution in [-0.4, -0.2) is 7.11 Å². The van der Waals surface area contributed by atoms with E-state index in [0.29, 0.717) is 11.4 Å². The van der Waals surface area contributed by atoms with Crippen LogP contribution in [0.25, 0.3) is 0 Å². The van der Waals surface area contributed by atoms with Crippen LogP contribution in [0.5, 0.6) is 5.75 Å². The van der Waals surface area contributed by atoms with Crippen molar-refractivity contribution in [2.24, 2.45) is 0 Å². The summed E-state index contributed by atoms with van der Waals surface area (Å²) < 4.78 is 6.27. The second-order valence-electron chi connectivity index (χ2n) is 3.43. The highest BCUT2D eigenvalue weighted by Crippen LogP contribution is 2.36. The maximum Gasteiger partial charge on any atom is 0.142 e. The van der Waals surface area contributed by atoms with Crippen LogP contribution in [0.4, 0.5) is 5.69 Å². The lowest BCUT2D eigenvalue weighted by Gasteiger charge is -2.09. The van der Waals surface area contributed by atoms with Crippen LogP contribution < -0.4 is 10.5 Å². The number of hydrogen-bond donors (Lipinski definition) is 1. The Bertz CT molecular complexity index is 513. The van der Waals surface area contributed by atoms with Crippen molar-refractivity contribution in [3.8, 4) is 5.75 Å². The molecule has 0 amide bonds. The second-order valence-corrected chi connectivity index (χ2v) is 5.46. The summed E-state index contributed by atoms with van der Waals surface area (Å²) >= 11 is 5.04. The van der Waals surface area contributed by atoms with Gasteiger partial charge >= 0.3 is 0 Å². The Morgan fingerprint density at radius 3 is 2.47 bits per heavy atom. The summed E-state index contributed by atoms with van der Waals surface area (Å²) in [7, 11) is 1.62. The summed E-state index contributed by atoms with van der Waals surface area (Å²) in [4.78, 5) is 2.15. The molecule has 0 aliphatic heterocycles. The van der Waals surface area contributed by atoms with Gasteiger partial charge in [-0.05, 0) is 36.4 Å². The van der Waals surface area contributed by atoms with Gasteiger partial charge in [-0.2, -0.15) is 0 Å². The van der Waals surface area contributed by atoms with Gasteiger partial charge in [0.2, 0.25) is 0 Å². The average molecular weight is 310 g/mol. The Balaban J connectivity index is 2.27. The number of ether oxygens (including phenoxy) is 1. The van der Waals surface area contributed by atoms with Gasteiger partial charge in [0.25, 0.3) is 0 Å². The molecule has 4 heteroatoms. The third-order valence-corrected chi connectivity index (χ3v) is 3.90. The Labute approximate surface area is 113 Å². The van der Waals surface area contributed by atoms with Crippen LogP contribution in [0.2, 0.25) is 0 Å². The molecule has 88 valence electrons. The zero-order valence-corrected chi connectivity index (χ0v) is 11.7. The van der Waals surface area contributed by atoms with E-state index in [1.165, 1.54) is 0 Å². The van der Waals surface area contributed by atoms with Crippen molar-refractivity contribution in [2.45, 2.75) is 9.79 Å². The van der Waals surface area contributed by atoms with E-state index in [0.717, 1.165) is 14.3 Å². The van der Waals surface area contributed by atoms with Gasteiger partial charge in [0.1, 0.15) is 5.75 Å². The first-order chi connectivity index (χ1) is 8.20. The zero-order chi connectivity index (χ0) is 12.3. The maximum atomic E-state index is 6.02. The fraction of sp³-hybridized carbons (Fsp3) is 0.0769. The molecule has 0 aromatic heterocycles. The molecule has 2 N–H and O–H groups in total. The fourth-order valence-electron chi connectivity index (χ4n) is 1.42. The minimum atomic E-state index is 0.683. The number of para-hydroxylation sites is 1. The number of hydrogen-bond acceptors (Lipinski definition) is 3. The smallest absolute Gasteiger partial charge is 0.142 e. The van der Waals surface area contributed by atoms with Crippen molar-refractivity contribution in [2.75, 3.05) is 12.8 Å². The zero-order valence-electron chi connectivity index (χ0n) is 9.31. The van der Waals surface area contributed by atoms with Gasteiger partial charge in [0.15, 0.2) is 0 Å². The molecule has 0 radical (unpaired) electrons. The Hall–Kier alpha value is -1.13. The lowest BCUT2D eigenvalue weighted by atomic mass is 10.3. The molecule has 0 fully saturated rings. The van der Waals surface area contributed by atoms with Gasteiger partial charge in [0, 0.05) is 14.3 Å². The van der Waals surface area contributed by atoms with Crippen LogP contribution in [0.3, 0.4) is 0 Å². The van der Waals surface area contributed by atoms with E-state index in [9.17, 15) is 0 Å². The molecule has 0 aliphatic carbocycles. The molecule has 2 aromatic carbocycles.